The lowest BCUT2D eigenvalue weighted by Crippen LogP contribution is -2.34. The van der Waals surface area contributed by atoms with Crippen LogP contribution in [0.4, 0.5) is 28.8 Å². The second-order valence-corrected chi connectivity index (χ2v) is 8.96. The van der Waals surface area contributed by atoms with Crippen LogP contribution in [-0.2, 0) is 29.2 Å². The average Bonchev–Trinajstić information content (AvgIpc) is 2.94. The summed E-state index contributed by atoms with van der Waals surface area (Å²) in [6.45, 7) is 0.494. The lowest BCUT2D eigenvalue weighted by molar-refractivity contribution is -0.137. The Labute approximate surface area is 157 Å². The number of anilines is 2. The summed E-state index contributed by atoms with van der Waals surface area (Å²) in [6.07, 6.45) is -2.95. The molecule has 2 aromatic rings. The number of carbonyl (C=O) groups is 1. The molecule has 0 fully saturated rings. The number of amides is 2. The fourth-order valence-corrected chi connectivity index (χ4v) is 4.43. The Morgan fingerprint density at radius 2 is 2.04 bits per heavy atom. The molecule has 0 aliphatic carbocycles. The van der Waals surface area contributed by atoms with E-state index in [4.69, 9.17) is 0 Å². The summed E-state index contributed by atoms with van der Waals surface area (Å²) < 4.78 is 62.7. The number of rotatable bonds is 3. The number of nitrogens with zero attached hydrogens (tertiary/aromatic N) is 2. The predicted octanol–water partition coefficient (Wildman–Crippen LogP) is 3.12. The quantitative estimate of drug-likeness (QED) is 0.798. The molecule has 0 atom stereocenters. The van der Waals surface area contributed by atoms with Gasteiger partial charge in [-0.05, 0) is 18.2 Å². The highest BCUT2D eigenvalue weighted by Crippen LogP contribution is 2.31. The number of halogens is 3. The van der Waals surface area contributed by atoms with Gasteiger partial charge in [0.2, 0.25) is 10.0 Å². The van der Waals surface area contributed by atoms with E-state index in [0.717, 1.165) is 34.6 Å². The lowest BCUT2D eigenvalue weighted by atomic mass is 10.2. The third kappa shape index (κ3) is 4.76. The molecule has 0 saturated carbocycles. The number of hydrogen-bond donors (Lipinski definition) is 2. The molecular weight excluding hydrogens is 405 g/mol. The predicted molar refractivity (Wildman–Crippen MR) is 95.2 cm³/mol. The highest BCUT2D eigenvalue weighted by atomic mass is 32.2. The SMILES string of the molecule is CS(=O)(=O)N1CCc2nc(NC(=O)Nc3cccc(C(F)(F)F)c3)sc2C1. The second kappa shape index (κ2) is 7.09. The van der Waals surface area contributed by atoms with E-state index >= 15 is 0 Å². The zero-order valence-corrected chi connectivity index (χ0v) is 15.6. The first-order valence-corrected chi connectivity index (χ1v) is 10.4. The molecular formula is C15H15F3N4O3S2. The van der Waals surface area contributed by atoms with E-state index in [1.165, 1.54) is 16.4 Å². The highest BCUT2D eigenvalue weighted by molar-refractivity contribution is 7.88. The number of benzene rings is 1. The minimum Gasteiger partial charge on any atom is -0.308 e. The third-order valence-corrected chi connectivity index (χ3v) is 6.08. The molecule has 2 heterocycles. The van der Waals surface area contributed by atoms with Crippen molar-refractivity contribution in [3.63, 3.8) is 0 Å². The summed E-state index contributed by atoms with van der Waals surface area (Å²) in [5.41, 5.74) is -0.174. The number of urea groups is 1. The molecule has 3 rings (SSSR count). The monoisotopic (exact) mass is 420 g/mol. The summed E-state index contributed by atoms with van der Waals surface area (Å²) >= 11 is 1.13. The van der Waals surface area contributed by atoms with Crippen molar-refractivity contribution in [2.24, 2.45) is 0 Å². The van der Waals surface area contributed by atoms with Gasteiger partial charge in [-0.1, -0.05) is 17.4 Å². The first-order chi connectivity index (χ1) is 12.5. The first kappa shape index (κ1) is 19.6. The summed E-state index contributed by atoms with van der Waals surface area (Å²) in [4.78, 5) is 17.0. The van der Waals surface area contributed by atoms with E-state index in [2.05, 4.69) is 15.6 Å². The van der Waals surface area contributed by atoms with Crippen molar-refractivity contribution in [2.45, 2.75) is 19.1 Å². The Balaban J connectivity index is 1.67. The molecule has 0 saturated heterocycles. The molecule has 7 nitrogen and oxygen atoms in total. The van der Waals surface area contributed by atoms with Gasteiger partial charge >= 0.3 is 12.2 Å². The van der Waals surface area contributed by atoms with E-state index in [9.17, 15) is 26.4 Å². The van der Waals surface area contributed by atoms with Crippen LogP contribution >= 0.6 is 11.3 Å². The summed E-state index contributed by atoms with van der Waals surface area (Å²) in [6, 6.07) is 3.54. The smallest absolute Gasteiger partial charge is 0.308 e. The van der Waals surface area contributed by atoms with Crippen LogP contribution in [0.1, 0.15) is 16.1 Å². The fourth-order valence-electron chi connectivity index (χ4n) is 2.54. The molecule has 2 N–H and O–H groups in total. The summed E-state index contributed by atoms with van der Waals surface area (Å²) in [5.74, 6) is 0. The Bertz CT molecular complexity index is 973. The van der Waals surface area contributed by atoms with Crippen molar-refractivity contribution in [1.29, 1.82) is 0 Å². The largest absolute Gasteiger partial charge is 0.416 e. The van der Waals surface area contributed by atoms with Gasteiger partial charge < -0.3 is 5.32 Å². The minimum absolute atomic E-state index is 0.00750. The van der Waals surface area contributed by atoms with Crippen molar-refractivity contribution in [1.82, 2.24) is 9.29 Å². The number of sulfonamides is 1. The molecule has 2 amide bonds. The van der Waals surface area contributed by atoms with Crippen LogP contribution in [0, 0.1) is 0 Å². The zero-order valence-electron chi connectivity index (χ0n) is 14.0. The van der Waals surface area contributed by atoms with Crippen molar-refractivity contribution in [2.75, 3.05) is 23.4 Å². The van der Waals surface area contributed by atoms with Crippen LogP contribution in [0.5, 0.6) is 0 Å². The molecule has 27 heavy (non-hydrogen) atoms. The Morgan fingerprint density at radius 3 is 2.70 bits per heavy atom. The van der Waals surface area contributed by atoms with Gasteiger partial charge in [-0.15, -0.1) is 0 Å². The topological polar surface area (TPSA) is 91.4 Å². The maximum absolute atomic E-state index is 12.7. The molecule has 146 valence electrons. The van der Waals surface area contributed by atoms with Gasteiger partial charge in [-0.3, -0.25) is 5.32 Å². The Kier molecular flexibility index (Phi) is 5.14. The van der Waals surface area contributed by atoms with E-state index in [-0.39, 0.29) is 17.4 Å². The minimum atomic E-state index is -4.51. The lowest BCUT2D eigenvalue weighted by Gasteiger charge is -2.23. The molecule has 0 bridgehead atoms. The van der Waals surface area contributed by atoms with E-state index in [1.807, 2.05) is 0 Å². The number of aromatic nitrogens is 1. The Morgan fingerprint density at radius 1 is 1.30 bits per heavy atom. The van der Waals surface area contributed by atoms with Gasteiger partial charge in [0.15, 0.2) is 5.13 Å². The second-order valence-electron chi connectivity index (χ2n) is 5.89. The number of thiazole rings is 1. The number of hydrogen-bond acceptors (Lipinski definition) is 5. The standard InChI is InChI=1S/C15H15F3N4O3S2/c1-27(24,25)22-6-5-11-12(8-22)26-14(20-11)21-13(23)19-10-4-2-3-9(7-10)15(16,17)18/h2-4,7H,5-6,8H2,1H3,(H2,19,20,21,23). The number of nitrogens with one attached hydrogen (secondary N) is 2. The summed E-state index contributed by atoms with van der Waals surface area (Å²) in [5, 5.41) is 5.04. The van der Waals surface area contributed by atoms with Crippen LogP contribution in [0.3, 0.4) is 0 Å². The van der Waals surface area contributed by atoms with Gasteiger partial charge in [0, 0.05) is 30.1 Å². The van der Waals surface area contributed by atoms with Crippen LogP contribution in [0.25, 0.3) is 0 Å². The van der Waals surface area contributed by atoms with Gasteiger partial charge in [0.1, 0.15) is 0 Å². The van der Waals surface area contributed by atoms with Gasteiger partial charge in [-0.25, -0.2) is 18.2 Å². The van der Waals surface area contributed by atoms with Crippen LogP contribution in [0.2, 0.25) is 0 Å². The van der Waals surface area contributed by atoms with Gasteiger partial charge in [-0.2, -0.15) is 17.5 Å². The maximum atomic E-state index is 12.7. The molecule has 1 aromatic heterocycles. The average molecular weight is 420 g/mol. The van der Waals surface area contributed by atoms with Crippen molar-refractivity contribution < 1.29 is 26.4 Å². The molecule has 1 aromatic carbocycles. The van der Waals surface area contributed by atoms with E-state index in [1.54, 1.807) is 0 Å². The normalized spacial score (nSPS) is 15.3. The van der Waals surface area contributed by atoms with Crippen molar-refractivity contribution in [3.8, 4) is 0 Å². The number of fused-ring (bicyclic) bond motifs is 1. The van der Waals surface area contributed by atoms with Crippen molar-refractivity contribution >= 4 is 38.2 Å². The summed E-state index contributed by atoms with van der Waals surface area (Å²) in [7, 11) is -3.32. The van der Waals surface area contributed by atoms with Crippen LogP contribution in [-0.4, -0.2) is 36.5 Å². The first-order valence-electron chi connectivity index (χ1n) is 7.71. The van der Waals surface area contributed by atoms with Crippen LogP contribution < -0.4 is 10.6 Å². The highest BCUT2D eigenvalue weighted by Gasteiger charge is 2.30. The molecule has 0 unspecified atom stereocenters. The van der Waals surface area contributed by atoms with Crippen LogP contribution in [0.15, 0.2) is 24.3 Å². The fraction of sp³-hybridized carbons (Fsp3) is 0.333. The molecule has 1 aliphatic heterocycles. The van der Waals surface area contributed by atoms with Gasteiger partial charge in [0.05, 0.1) is 17.5 Å². The number of carbonyl (C=O) groups excluding carboxylic acids is 1. The number of alkyl halides is 3. The van der Waals surface area contributed by atoms with Gasteiger partial charge in [0.25, 0.3) is 0 Å². The molecule has 0 spiro atoms. The third-order valence-electron chi connectivity index (χ3n) is 3.83. The van der Waals surface area contributed by atoms with Crippen molar-refractivity contribution in [3.05, 3.63) is 40.4 Å². The maximum Gasteiger partial charge on any atom is 0.416 e. The molecule has 0 radical (unpaired) electrons. The zero-order chi connectivity index (χ0) is 19.8. The van der Waals surface area contributed by atoms with E-state index < -0.39 is 27.8 Å². The van der Waals surface area contributed by atoms with E-state index in [0.29, 0.717) is 18.7 Å². The molecule has 1 aliphatic rings. The molecule has 12 heteroatoms. The Hall–Kier alpha value is -2.18.